The van der Waals surface area contributed by atoms with Crippen molar-refractivity contribution in [3.8, 4) is 0 Å². The molecule has 0 saturated carbocycles. The van der Waals surface area contributed by atoms with Crippen LogP contribution in [0.5, 0.6) is 0 Å². The number of hydrogen-bond donors (Lipinski definition) is 2. The Hall–Kier alpha value is -1.88. The maximum absolute atomic E-state index is 12.0. The molecule has 0 bridgehead atoms. The number of pyridine rings is 1. The number of aromatic amines is 1. The van der Waals surface area contributed by atoms with Crippen LogP contribution in [-0.4, -0.2) is 21.1 Å². The number of nitrogens with one attached hydrogen (secondary N) is 2. The van der Waals surface area contributed by atoms with Gasteiger partial charge < -0.3 is 5.32 Å². The molecule has 2 N–H and O–H groups in total. The lowest BCUT2D eigenvalue weighted by Gasteiger charge is -2.08. The molecule has 2 aromatic rings. The highest BCUT2D eigenvalue weighted by atomic mass is 35.5. The second-order valence-electron chi connectivity index (χ2n) is 4.18. The fourth-order valence-electron chi connectivity index (χ4n) is 1.46. The van der Waals surface area contributed by atoms with E-state index >= 15 is 0 Å². The van der Waals surface area contributed by atoms with Gasteiger partial charge in [-0.25, -0.2) is 4.98 Å². The summed E-state index contributed by atoms with van der Waals surface area (Å²) in [6.45, 7) is 3.99. The summed E-state index contributed by atoms with van der Waals surface area (Å²) in [6.07, 6.45) is 1.56. The van der Waals surface area contributed by atoms with Crippen molar-refractivity contribution in [2.45, 2.75) is 19.8 Å². The normalized spacial score (nSPS) is 10.7. The minimum atomic E-state index is -0.245. The molecule has 2 heterocycles. The molecule has 18 heavy (non-hydrogen) atoms. The molecule has 94 valence electrons. The Morgan fingerprint density at radius 2 is 2.22 bits per heavy atom. The van der Waals surface area contributed by atoms with Crippen molar-refractivity contribution in [3.63, 3.8) is 0 Å². The molecule has 0 spiro atoms. The molecule has 2 aromatic heterocycles. The number of H-pyrrole nitrogens is 1. The minimum Gasteiger partial charge on any atom is -0.307 e. The van der Waals surface area contributed by atoms with E-state index in [1.165, 1.54) is 0 Å². The van der Waals surface area contributed by atoms with E-state index in [0.29, 0.717) is 16.5 Å². The average molecular weight is 265 g/mol. The quantitative estimate of drug-likeness (QED) is 0.838. The van der Waals surface area contributed by atoms with Crippen molar-refractivity contribution in [3.05, 3.63) is 40.8 Å². The molecule has 0 aromatic carbocycles. The van der Waals surface area contributed by atoms with Gasteiger partial charge in [0.25, 0.3) is 5.91 Å². The number of carbonyl (C=O) groups is 1. The molecule has 0 saturated heterocycles. The number of aromatic nitrogens is 3. The van der Waals surface area contributed by atoms with Gasteiger partial charge in [-0.1, -0.05) is 25.4 Å². The highest BCUT2D eigenvalue weighted by Gasteiger charge is 2.11. The largest absolute Gasteiger partial charge is 0.307 e. The third-order valence-electron chi connectivity index (χ3n) is 2.42. The number of anilines is 1. The molecule has 0 aliphatic carbocycles. The topological polar surface area (TPSA) is 70.7 Å². The van der Waals surface area contributed by atoms with E-state index in [1.54, 1.807) is 24.4 Å². The number of nitrogens with zero attached hydrogens (tertiary/aromatic N) is 2. The molecule has 0 aliphatic heterocycles. The van der Waals surface area contributed by atoms with Gasteiger partial charge in [-0.3, -0.25) is 9.89 Å². The summed E-state index contributed by atoms with van der Waals surface area (Å²) in [5.41, 5.74) is 1.27. The van der Waals surface area contributed by atoms with Crippen LogP contribution in [0.2, 0.25) is 5.15 Å². The van der Waals surface area contributed by atoms with Crippen LogP contribution in [-0.2, 0) is 0 Å². The van der Waals surface area contributed by atoms with Gasteiger partial charge in [-0.15, -0.1) is 0 Å². The van der Waals surface area contributed by atoms with E-state index in [1.807, 2.05) is 13.8 Å². The van der Waals surface area contributed by atoms with Gasteiger partial charge >= 0.3 is 0 Å². The van der Waals surface area contributed by atoms with E-state index in [0.717, 1.165) is 5.69 Å². The number of halogens is 1. The zero-order valence-electron chi connectivity index (χ0n) is 10.1. The van der Waals surface area contributed by atoms with Gasteiger partial charge in [-0.05, 0) is 18.1 Å². The Morgan fingerprint density at radius 3 is 2.83 bits per heavy atom. The SMILES string of the molecule is CC(C)c1cc(C(=O)Nc2ccn[nH]2)cc(Cl)n1. The smallest absolute Gasteiger partial charge is 0.256 e. The van der Waals surface area contributed by atoms with Gasteiger partial charge in [0.15, 0.2) is 0 Å². The fraction of sp³-hybridized carbons (Fsp3) is 0.250. The number of hydrogen-bond acceptors (Lipinski definition) is 3. The Labute approximate surface area is 110 Å². The third-order valence-corrected chi connectivity index (χ3v) is 2.61. The maximum Gasteiger partial charge on any atom is 0.256 e. The van der Waals surface area contributed by atoms with Crippen LogP contribution >= 0.6 is 11.6 Å². The van der Waals surface area contributed by atoms with Crippen LogP contribution in [0.1, 0.15) is 35.8 Å². The van der Waals surface area contributed by atoms with Crippen LogP contribution < -0.4 is 5.32 Å². The first-order valence-electron chi connectivity index (χ1n) is 5.54. The molecule has 1 amide bonds. The monoisotopic (exact) mass is 264 g/mol. The van der Waals surface area contributed by atoms with Crippen molar-refractivity contribution in [2.75, 3.05) is 5.32 Å². The Bertz CT molecular complexity index is 551. The first-order chi connectivity index (χ1) is 8.56. The van der Waals surface area contributed by atoms with Crippen LogP contribution in [0.15, 0.2) is 24.4 Å². The molecular formula is C12H13ClN4O. The number of rotatable bonds is 3. The summed E-state index contributed by atoms with van der Waals surface area (Å²) in [5.74, 6) is 0.506. The number of carbonyl (C=O) groups excluding carboxylic acids is 1. The standard InChI is InChI=1S/C12H13ClN4O/c1-7(2)9-5-8(6-10(13)15-9)12(18)16-11-3-4-14-17-11/h3-7H,1-2H3,(H2,14,16,17,18). The van der Waals surface area contributed by atoms with Crippen molar-refractivity contribution in [2.24, 2.45) is 0 Å². The molecule has 0 fully saturated rings. The van der Waals surface area contributed by atoms with Crippen molar-refractivity contribution in [1.29, 1.82) is 0 Å². The lowest BCUT2D eigenvalue weighted by molar-refractivity contribution is 0.102. The van der Waals surface area contributed by atoms with E-state index in [2.05, 4.69) is 20.5 Å². The van der Waals surface area contributed by atoms with Gasteiger partial charge in [-0.2, -0.15) is 5.10 Å². The third kappa shape index (κ3) is 2.87. The summed E-state index contributed by atoms with van der Waals surface area (Å²) in [6, 6.07) is 4.95. The summed E-state index contributed by atoms with van der Waals surface area (Å²) in [7, 11) is 0. The zero-order valence-corrected chi connectivity index (χ0v) is 10.8. The summed E-state index contributed by atoms with van der Waals surface area (Å²) >= 11 is 5.91. The lowest BCUT2D eigenvalue weighted by Crippen LogP contribution is -2.13. The summed E-state index contributed by atoms with van der Waals surface area (Å²) in [4.78, 5) is 16.2. The molecule has 0 unspecified atom stereocenters. The van der Waals surface area contributed by atoms with Gasteiger partial charge in [0.2, 0.25) is 0 Å². The van der Waals surface area contributed by atoms with Crippen LogP contribution in [0, 0.1) is 0 Å². The predicted octanol–water partition coefficient (Wildman–Crippen LogP) is 2.83. The van der Waals surface area contributed by atoms with E-state index in [9.17, 15) is 4.79 Å². The first-order valence-corrected chi connectivity index (χ1v) is 5.92. The maximum atomic E-state index is 12.0. The summed E-state index contributed by atoms with van der Waals surface area (Å²) in [5, 5.41) is 9.42. The molecular weight excluding hydrogens is 252 g/mol. The predicted molar refractivity (Wildman–Crippen MR) is 69.9 cm³/mol. The van der Waals surface area contributed by atoms with E-state index < -0.39 is 0 Å². The lowest BCUT2D eigenvalue weighted by atomic mass is 10.1. The average Bonchev–Trinajstić information content (AvgIpc) is 2.80. The molecule has 0 atom stereocenters. The van der Waals surface area contributed by atoms with Gasteiger partial charge in [0.05, 0.1) is 6.20 Å². The van der Waals surface area contributed by atoms with Crippen LogP contribution in [0.3, 0.4) is 0 Å². The molecule has 6 heteroatoms. The van der Waals surface area contributed by atoms with Crippen LogP contribution in [0.4, 0.5) is 5.82 Å². The minimum absolute atomic E-state index is 0.211. The molecule has 0 aliphatic rings. The zero-order chi connectivity index (χ0) is 13.1. The number of amides is 1. The van der Waals surface area contributed by atoms with Crippen molar-refractivity contribution < 1.29 is 4.79 Å². The highest BCUT2D eigenvalue weighted by Crippen LogP contribution is 2.18. The van der Waals surface area contributed by atoms with E-state index in [-0.39, 0.29) is 11.8 Å². The summed E-state index contributed by atoms with van der Waals surface area (Å²) < 4.78 is 0. The molecule has 0 radical (unpaired) electrons. The van der Waals surface area contributed by atoms with E-state index in [4.69, 9.17) is 11.6 Å². The first kappa shape index (κ1) is 12.6. The second kappa shape index (κ2) is 5.18. The van der Waals surface area contributed by atoms with Crippen LogP contribution in [0.25, 0.3) is 0 Å². The molecule has 5 nitrogen and oxygen atoms in total. The molecule has 2 rings (SSSR count). The Balaban J connectivity index is 2.24. The van der Waals surface area contributed by atoms with Gasteiger partial charge in [0, 0.05) is 17.3 Å². The highest BCUT2D eigenvalue weighted by molar-refractivity contribution is 6.29. The van der Waals surface area contributed by atoms with Crippen molar-refractivity contribution in [1.82, 2.24) is 15.2 Å². The van der Waals surface area contributed by atoms with Gasteiger partial charge in [0.1, 0.15) is 11.0 Å². The fourth-order valence-corrected chi connectivity index (χ4v) is 1.68. The Morgan fingerprint density at radius 1 is 1.44 bits per heavy atom. The van der Waals surface area contributed by atoms with Crippen molar-refractivity contribution >= 4 is 23.3 Å². The Kier molecular flexibility index (Phi) is 3.62. The second-order valence-corrected chi connectivity index (χ2v) is 4.57.